The van der Waals surface area contributed by atoms with E-state index in [2.05, 4.69) is 16.0 Å². The average Bonchev–Trinajstić information content (AvgIpc) is 2.50. The second kappa shape index (κ2) is 8.10. The Labute approximate surface area is 122 Å². The zero-order chi connectivity index (χ0) is 14.2. The van der Waals surface area contributed by atoms with Gasteiger partial charge in [-0.1, -0.05) is 25.3 Å². The van der Waals surface area contributed by atoms with Crippen molar-refractivity contribution in [3.8, 4) is 5.88 Å². The predicted octanol–water partition coefficient (Wildman–Crippen LogP) is 2.97. The van der Waals surface area contributed by atoms with Gasteiger partial charge in [-0.3, -0.25) is 0 Å². The first-order valence-electron chi connectivity index (χ1n) is 7.91. The summed E-state index contributed by atoms with van der Waals surface area (Å²) in [5.41, 5.74) is 5.69. The highest BCUT2D eigenvalue weighted by Gasteiger charge is 2.22. The van der Waals surface area contributed by atoms with E-state index in [0.717, 1.165) is 31.2 Å². The number of nitrogens with two attached hydrogens (primary N) is 1. The molecule has 1 aliphatic rings. The number of anilines is 1. The first kappa shape index (κ1) is 15.1. The maximum atomic E-state index is 5.69. The van der Waals surface area contributed by atoms with Gasteiger partial charge in [-0.2, -0.15) is 4.98 Å². The molecule has 1 saturated carbocycles. The SMILES string of the molecule is CCOc1cccc(N(CCCN)C2CCCCC2)n1. The summed E-state index contributed by atoms with van der Waals surface area (Å²) in [5, 5.41) is 0. The van der Waals surface area contributed by atoms with Crippen LogP contribution >= 0.6 is 0 Å². The van der Waals surface area contributed by atoms with Gasteiger partial charge in [0.15, 0.2) is 0 Å². The first-order valence-corrected chi connectivity index (χ1v) is 7.91. The van der Waals surface area contributed by atoms with Crippen LogP contribution in [0.25, 0.3) is 0 Å². The van der Waals surface area contributed by atoms with E-state index < -0.39 is 0 Å². The zero-order valence-electron chi connectivity index (χ0n) is 12.6. The van der Waals surface area contributed by atoms with Crippen molar-refractivity contribution in [3.05, 3.63) is 18.2 Å². The maximum absolute atomic E-state index is 5.69. The number of aromatic nitrogens is 1. The van der Waals surface area contributed by atoms with Crippen molar-refractivity contribution in [3.63, 3.8) is 0 Å². The lowest BCUT2D eigenvalue weighted by molar-refractivity contribution is 0.326. The molecule has 4 heteroatoms. The van der Waals surface area contributed by atoms with E-state index in [1.54, 1.807) is 0 Å². The van der Waals surface area contributed by atoms with Gasteiger partial charge in [0.2, 0.25) is 5.88 Å². The van der Waals surface area contributed by atoms with Gasteiger partial charge in [0.25, 0.3) is 0 Å². The molecular weight excluding hydrogens is 250 g/mol. The van der Waals surface area contributed by atoms with Crippen LogP contribution in [0, 0.1) is 0 Å². The Balaban J connectivity index is 2.13. The molecule has 0 bridgehead atoms. The molecule has 0 spiro atoms. The molecule has 0 saturated heterocycles. The Morgan fingerprint density at radius 2 is 2.10 bits per heavy atom. The van der Waals surface area contributed by atoms with E-state index in [1.165, 1.54) is 32.1 Å². The lowest BCUT2D eigenvalue weighted by atomic mass is 9.94. The molecule has 0 radical (unpaired) electrons. The minimum absolute atomic E-state index is 0.611. The Kier molecular flexibility index (Phi) is 6.12. The fraction of sp³-hybridized carbons (Fsp3) is 0.688. The molecule has 1 aromatic heterocycles. The summed E-state index contributed by atoms with van der Waals surface area (Å²) in [6.45, 7) is 4.36. The second-order valence-corrected chi connectivity index (χ2v) is 5.39. The van der Waals surface area contributed by atoms with Crippen LogP contribution in [0.5, 0.6) is 5.88 Å². The maximum Gasteiger partial charge on any atom is 0.215 e. The molecule has 1 heterocycles. The Hall–Kier alpha value is -1.29. The molecule has 1 aliphatic carbocycles. The summed E-state index contributed by atoms with van der Waals surface area (Å²) in [5.74, 6) is 1.76. The van der Waals surface area contributed by atoms with E-state index in [-0.39, 0.29) is 0 Å². The van der Waals surface area contributed by atoms with Crippen molar-refractivity contribution in [2.24, 2.45) is 5.73 Å². The van der Waals surface area contributed by atoms with Crippen LogP contribution in [0.3, 0.4) is 0 Å². The van der Waals surface area contributed by atoms with E-state index in [1.807, 2.05) is 19.1 Å². The van der Waals surface area contributed by atoms with Gasteiger partial charge < -0.3 is 15.4 Å². The normalized spacial score (nSPS) is 16.1. The molecular formula is C16H27N3O. The molecule has 20 heavy (non-hydrogen) atoms. The van der Waals surface area contributed by atoms with Gasteiger partial charge in [-0.15, -0.1) is 0 Å². The highest BCUT2D eigenvalue weighted by atomic mass is 16.5. The average molecular weight is 277 g/mol. The molecule has 0 atom stereocenters. The van der Waals surface area contributed by atoms with Crippen LogP contribution < -0.4 is 15.4 Å². The fourth-order valence-corrected chi connectivity index (χ4v) is 2.93. The van der Waals surface area contributed by atoms with Crippen molar-refractivity contribution < 1.29 is 4.74 Å². The van der Waals surface area contributed by atoms with E-state index in [9.17, 15) is 0 Å². The van der Waals surface area contributed by atoms with Crippen molar-refractivity contribution >= 4 is 5.82 Å². The van der Waals surface area contributed by atoms with Gasteiger partial charge in [-0.05, 0) is 38.8 Å². The smallest absolute Gasteiger partial charge is 0.215 e. The summed E-state index contributed by atoms with van der Waals surface area (Å²) < 4.78 is 5.53. The molecule has 112 valence electrons. The minimum Gasteiger partial charge on any atom is -0.478 e. The van der Waals surface area contributed by atoms with Crippen LogP contribution in [-0.2, 0) is 0 Å². The lowest BCUT2D eigenvalue weighted by Crippen LogP contribution is -2.38. The summed E-state index contributed by atoms with van der Waals surface area (Å²) >= 11 is 0. The molecule has 0 unspecified atom stereocenters. The third-order valence-corrected chi connectivity index (χ3v) is 3.91. The third-order valence-electron chi connectivity index (χ3n) is 3.91. The number of ether oxygens (including phenoxy) is 1. The standard InChI is InChI=1S/C16H27N3O/c1-2-20-16-11-6-10-15(18-16)19(13-7-12-17)14-8-4-3-5-9-14/h6,10-11,14H,2-5,7-9,12-13,17H2,1H3. The molecule has 0 aliphatic heterocycles. The van der Waals surface area contributed by atoms with Gasteiger partial charge >= 0.3 is 0 Å². The van der Waals surface area contributed by atoms with Gasteiger partial charge in [-0.25, -0.2) is 0 Å². The number of hydrogen-bond donors (Lipinski definition) is 1. The van der Waals surface area contributed by atoms with Crippen LogP contribution in [0.2, 0.25) is 0 Å². The summed E-state index contributed by atoms with van der Waals surface area (Å²) in [7, 11) is 0. The van der Waals surface area contributed by atoms with Gasteiger partial charge in [0.1, 0.15) is 5.82 Å². The Morgan fingerprint density at radius 3 is 2.80 bits per heavy atom. The molecule has 1 aromatic rings. The lowest BCUT2D eigenvalue weighted by Gasteiger charge is -2.35. The van der Waals surface area contributed by atoms with E-state index in [0.29, 0.717) is 12.6 Å². The van der Waals surface area contributed by atoms with Crippen molar-refractivity contribution in [2.75, 3.05) is 24.6 Å². The highest BCUT2D eigenvalue weighted by molar-refractivity contribution is 5.42. The van der Waals surface area contributed by atoms with Crippen LogP contribution in [0.4, 0.5) is 5.82 Å². The zero-order valence-corrected chi connectivity index (χ0v) is 12.6. The van der Waals surface area contributed by atoms with E-state index in [4.69, 9.17) is 10.5 Å². The quantitative estimate of drug-likeness (QED) is 0.832. The summed E-state index contributed by atoms with van der Waals surface area (Å²) in [6, 6.07) is 6.66. The number of rotatable bonds is 7. The molecule has 0 aromatic carbocycles. The molecule has 2 N–H and O–H groups in total. The van der Waals surface area contributed by atoms with Gasteiger partial charge in [0.05, 0.1) is 6.61 Å². The highest BCUT2D eigenvalue weighted by Crippen LogP contribution is 2.27. The topological polar surface area (TPSA) is 51.4 Å². The number of pyridine rings is 1. The van der Waals surface area contributed by atoms with E-state index >= 15 is 0 Å². The Bertz CT molecular complexity index is 391. The monoisotopic (exact) mass is 277 g/mol. The number of hydrogen-bond acceptors (Lipinski definition) is 4. The number of nitrogens with zero attached hydrogens (tertiary/aromatic N) is 2. The third kappa shape index (κ3) is 4.10. The van der Waals surface area contributed by atoms with Crippen molar-refractivity contribution in [1.29, 1.82) is 0 Å². The largest absolute Gasteiger partial charge is 0.478 e. The molecule has 0 amide bonds. The minimum atomic E-state index is 0.611. The summed E-state index contributed by atoms with van der Waals surface area (Å²) in [4.78, 5) is 7.09. The van der Waals surface area contributed by atoms with Gasteiger partial charge in [0, 0.05) is 18.7 Å². The first-order chi connectivity index (χ1) is 9.85. The fourth-order valence-electron chi connectivity index (χ4n) is 2.93. The molecule has 2 rings (SSSR count). The second-order valence-electron chi connectivity index (χ2n) is 5.39. The van der Waals surface area contributed by atoms with Crippen molar-refractivity contribution in [1.82, 2.24) is 4.98 Å². The predicted molar refractivity (Wildman–Crippen MR) is 83.3 cm³/mol. The van der Waals surface area contributed by atoms with Crippen LogP contribution in [0.1, 0.15) is 45.4 Å². The molecule has 1 fully saturated rings. The van der Waals surface area contributed by atoms with Crippen molar-refractivity contribution in [2.45, 2.75) is 51.5 Å². The Morgan fingerprint density at radius 1 is 1.30 bits per heavy atom. The van der Waals surface area contributed by atoms with Crippen LogP contribution in [0.15, 0.2) is 18.2 Å². The van der Waals surface area contributed by atoms with Crippen LogP contribution in [-0.4, -0.2) is 30.7 Å². The summed E-state index contributed by atoms with van der Waals surface area (Å²) in [6.07, 6.45) is 7.57. The molecule has 4 nitrogen and oxygen atoms in total.